The van der Waals surface area contributed by atoms with Crippen LogP contribution in [0, 0.1) is 5.92 Å². The van der Waals surface area contributed by atoms with Gasteiger partial charge in [0, 0.05) is 53.4 Å². The van der Waals surface area contributed by atoms with E-state index in [-0.39, 0.29) is 51.6 Å². The van der Waals surface area contributed by atoms with Crippen molar-refractivity contribution in [2.24, 2.45) is 5.92 Å². The number of esters is 2. The highest BCUT2D eigenvalue weighted by molar-refractivity contribution is 5.95. The van der Waals surface area contributed by atoms with Gasteiger partial charge >= 0.3 is 11.9 Å². The van der Waals surface area contributed by atoms with Crippen LogP contribution >= 0.6 is 0 Å². The van der Waals surface area contributed by atoms with Crippen molar-refractivity contribution >= 4 is 11.9 Å². The second-order valence-electron chi connectivity index (χ2n) is 19.9. The van der Waals surface area contributed by atoms with Gasteiger partial charge in [-0.1, -0.05) is 61.0 Å². The van der Waals surface area contributed by atoms with E-state index in [0.29, 0.717) is 31.4 Å². The van der Waals surface area contributed by atoms with Gasteiger partial charge in [-0.05, 0) is 116 Å². The Morgan fingerprint density at radius 1 is 0.776 bits per heavy atom. The Kier molecular flexibility index (Phi) is 11.9. The van der Waals surface area contributed by atoms with Gasteiger partial charge in [-0.3, -0.25) is 19.4 Å². The van der Waals surface area contributed by atoms with Gasteiger partial charge in [0.25, 0.3) is 0 Å². The average molecular weight is 685 g/mol. The van der Waals surface area contributed by atoms with Crippen molar-refractivity contribution in [3.63, 3.8) is 0 Å². The summed E-state index contributed by atoms with van der Waals surface area (Å²) in [6, 6.07) is 2.05. The third-order valence-electron chi connectivity index (χ3n) is 11.9. The van der Waals surface area contributed by atoms with Crippen LogP contribution in [0.1, 0.15) is 165 Å². The Morgan fingerprint density at radius 2 is 1.16 bits per heavy atom. The molecule has 7 nitrogen and oxygen atoms in total. The van der Waals surface area contributed by atoms with Crippen LogP contribution in [0.25, 0.3) is 0 Å². The predicted octanol–water partition coefficient (Wildman–Crippen LogP) is 8.88. The second-order valence-corrected chi connectivity index (χ2v) is 19.9. The molecule has 0 saturated carbocycles. The molecule has 2 aliphatic rings. The van der Waals surface area contributed by atoms with E-state index in [9.17, 15) is 14.7 Å². The van der Waals surface area contributed by atoms with E-state index in [1.54, 1.807) is 0 Å². The first-order valence-corrected chi connectivity index (χ1v) is 18.8. The summed E-state index contributed by atoms with van der Waals surface area (Å²) in [5.74, 6) is -1.83. The maximum absolute atomic E-state index is 14.5. The molecule has 2 saturated heterocycles. The van der Waals surface area contributed by atoms with Crippen LogP contribution in [-0.4, -0.2) is 75.3 Å². The molecule has 1 N–H and O–H groups in total. The molecular weight excluding hydrogens is 612 g/mol. The van der Waals surface area contributed by atoms with Gasteiger partial charge in [0.2, 0.25) is 0 Å². The lowest BCUT2D eigenvalue weighted by molar-refractivity contribution is -0.177. The van der Waals surface area contributed by atoms with Crippen LogP contribution in [0.15, 0.2) is 6.07 Å². The van der Waals surface area contributed by atoms with E-state index in [4.69, 9.17) is 9.47 Å². The Balaban J connectivity index is 2.14. The molecule has 1 aromatic carbocycles. The van der Waals surface area contributed by atoms with E-state index in [1.807, 2.05) is 6.07 Å². The smallest absolute Gasteiger partial charge is 0.320 e. The monoisotopic (exact) mass is 685 g/mol. The largest absolute Gasteiger partial charge is 0.507 e. The third-order valence-corrected chi connectivity index (χ3v) is 11.9. The number of likely N-dealkylation sites (tertiary alicyclic amines) is 2. The first-order chi connectivity index (χ1) is 22.0. The number of carbonyl (C=O) groups excluding carboxylic acids is 2. The van der Waals surface area contributed by atoms with Crippen molar-refractivity contribution < 1.29 is 24.2 Å². The number of hydrogen-bond donors (Lipinski definition) is 1. The molecule has 2 fully saturated rings. The SMILES string of the molecule is CCCCc1c(CC(C(=O)OC2CC(C)(C)N(C)C(C)(C)C2)C(=O)OC2CC(C)(C)N(C)C(C)(C)C2)cc(C(C)(C)C)c(O)c1C(C)(C)C. The minimum Gasteiger partial charge on any atom is -0.507 e. The number of aromatic hydroxyl groups is 1. The zero-order chi connectivity index (χ0) is 37.7. The summed E-state index contributed by atoms with van der Waals surface area (Å²) in [6.45, 7) is 32.3. The summed E-state index contributed by atoms with van der Waals surface area (Å²) in [5, 5.41) is 11.8. The zero-order valence-corrected chi connectivity index (χ0v) is 34.4. The Morgan fingerprint density at radius 3 is 1.49 bits per heavy atom. The maximum atomic E-state index is 14.5. The summed E-state index contributed by atoms with van der Waals surface area (Å²) in [5.41, 5.74) is 2.27. The molecule has 0 aliphatic carbocycles. The normalized spacial score (nSPS) is 21.9. The van der Waals surface area contributed by atoms with E-state index in [0.717, 1.165) is 41.5 Å². The number of unbranched alkanes of at least 4 members (excludes halogenated alkanes) is 1. The molecule has 280 valence electrons. The molecular formula is C42H72N2O5. The molecule has 1 aromatic rings. The average Bonchev–Trinajstić information content (AvgIpc) is 2.90. The summed E-state index contributed by atoms with van der Waals surface area (Å²) in [7, 11) is 4.26. The van der Waals surface area contributed by atoms with Gasteiger partial charge in [-0.15, -0.1) is 0 Å². The summed E-state index contributed by atoms with van der Waals surface area (Å²) < 4.78 is 12.7. The number of phenolic OH excluding ortho intramolecular Hbond substituents is 1. The first kappa shape index (κ1) is 41.3. The summed E-state index contributed by atoms with van der Waals surface area (Å²) in [4.78, 5) is 33.7. The number of rotatable bonds is 9. The molecule has 0 spiro atoms. The molecule has 0 unspecified atom stereocenters. The topological polar surface area (TPSA) is 79.3 Å². The zero-order valence-electron chi connectivity index (χ0n) is 34.4. The molecule has 0 bridgehead atoms. The van der Waals surface area contributed by atoms with E-state index >= 15 is 0 Å². The Hall–Kier alpha value is -2.12. The third kappa shape index (κ3) is 9.22. The number of piperidine rings is 2. The van der Waals surface area contributed by atoms with Crippen molar-refractivity contribution in [3.05, 3.63) is 28.3 Å². The number of hydrogen-bond acceptors (Lipinski definition) is 7. The van der Waals surface area contributed by atoms with Crippen LogP contribution in [0.3, 0.4) is 0 Å². The molecule has 0 aromatic heterocycles. The number of carbonyl (C=O) groups is 2. The fraction of sp³-hybridized carbons (Fsp3) is 0.810. The standard InChI is InChI=1S/C42H72N2O5/c1-18-19-20-30-27(22-32(37(2,3)4)34(45)33(30)38(5,6)7)21-31(35(46)48-28-23-39(8,9)43(16)40(10,11)24-28)36(47)49-29-25-41(12,13)44(17)42(14,15)26-29/h22,28-29,31,45H,18-21,23-26H2,1-17H3. The van der Waals surface area contributed by atoms with E-state index in [2.05, 4.69) is 128 Å². The molecule has 2 heterocycles. The first-order valence-electron chi connectivity index (χ1n) is 18.8. The van der Waals surface area contributed by atoms with E-state index < -0.39 is 17.9 Å². The lowest BCUT2D eigenvalue weighted by atomic mass is 9.73. The quantitative estimate of drug-likeness (QED) is 0.206. The minimum absolute atomic E-state index is 0.169. The molecule has 49 heavy (non-hydrogen) atoms. The summed E-state index contributed by atoms with van der Waals surface area (Å²) in [6.07, 6.45) is 4.93. The number of ether oxygens (including phenoxy) is 2. The lowest BCUT2D eigenvalue weighted by Crippen LogP contribution is -2.61. The lowest BCUT2D eigenvalue weighted by Gasteiger charge is -2.53. The summed E-state index contributed by atoms with van der Waals surface area (Å²) >= 11 is 0. The predicted molar refractivity (Wildman–Crippen MR) is 201 cm³/mol. The molecule has 7 heteroatoms. The number of benzene rings is 1. The molecule has 2 aliphatic heterocycles. The van der Waals surface area contributed by atoms with E-state index in [1.165, 1.54) is 0 Å². The van der Waals surface area contributed by atoms with Crippen LogP contribution in [0.2, 0.25) is 0 Å². The van der Waals surface area contributed by atoms with Gasteiger partial charge < -0.3 is 14.6 Å². The number of nitrogens with zero attached hydrogens (tertiary/aromatic N) is 2. The van der Waals surface area contributed by atoms with Gasteiger partial charge in [0.1, 0.15) is 18.0 Å². The number of phenols is 1. The van der Waals surface area contributed by atoms with Crippen molar-refractivity contribution in [1.82, 2.24) is 9.80 Å². The van der Waals surface area contributed by atoms with Crippen molar-refractivity contribution in [2.75, 3.05) is 14.1 Å². The van der Waals surface area contributed by atoms with Crippen LogP contribution in [-0.2, 0) is 42.7 Å². The van der Waals surface area contributed by atoms with Gasteiger partial charge in [0.05, 0.1) is 0 Å². The van der Waals surface area contributed by atoms with Gasteiger partial charge in [-0.2, -0.15) is 0 Å². The molecule has 0 amide bonds. The van der Waals surface area contributed by atoms with Crippen LogP contribution in [0.5, 0.6) is 5.75 Å². The van der Waals surface area contributed by atoms with Crippen LogP contribution in [0.4, 0.5) is 0 Å². The fourth-order valence-electron chi connectivity index (χ4n) is 8.67. The van der Waals surface area contributed by atoms with Crippen molar-refractivity contribution in [3.8, 4) is 5.75 Å². The van der Waals surface area contributed by atoms with Gasteiger partial charge in [0.15, 0.2) is 5.92 Å². The molecule has 3 rings (SSSR count). The minimum atomic E-state index is -1.12. The maximum Gasteiger partial charge on any atom is 0.320 e. The highest BCUT2D eigenvalue weighted by atomic mass is 16.6. The van der Waals surface area contributed by atoms with Crippen molar-refractivity contribution in [1.29, 1.82) is 0 Å². The highest BCUT2D eigenvalue weighted by Crippen LogP contribution is 2.45. The fourth-order valence-corrected chi connectivity index (χ4v) is 8.67. The second kappa shape index (κ2) is 14.1. The van der Waals surface area contributed by atoms with Crippen LogP contribution < -0.4 is 0 Å². The Labute approximate surface area is 299 Å². The molecule has 0 radical (unpaired) electrons. The Bertz CT molecular complexity index is 1270. The van der Waals surface area contributed by atoms with Crippen molar-refractivity contribution in [2.45, 2.75) is 200 Å². The molecule has 0 atom stereocenters. The van der Waals surface area contributed by atoms with Gasteiger partial charge in [-0.25, -0.2) is 0 Å². The highest BCUT2D eigenvalue weighted by Gasteiger charge is 2.48.